The first-order valence-corrected chi connectivity index (χ1v) is 9.94. The van der Waals surface area contributed by atoms with Gasteiger partial charge in [-0.25, -0.2) is 8.42 Å². The van der Waals surface area contributed by atoms with Gasteiger partial charge in [0.15, 0.2) is 0 Å². The third kappa shape index (κ3) is 2.49. The Morgan fingerprint density at radius 2 is 2.00 bits per heavy atom. The Labute approximate surface area is 133 Å². The highest BCUT2D eigenvalue weighted by atomic mass is 79.9. The van der Waals surface area contributed by atoms with Crippen molar-refractivity contribution < 1.29 is 8.42 Å². The first-order chi connectivity index (χ1) is 9.11. The zero-order valence-corrected chi connectivity index (χ0v) is 15.2. The summed E-state index contributed by atoms with van der Waals surface area (Å²) in [6, 6.07) is 3.68. The van der Waals surface area contributed by atoms with Crippen molar-refractivity contribution in [1.29, 1.82) is 0 Å². The zero-order valence-electron chi connectivity index (χ0n) is 12.0. The summed E-state index contributed by atoms with van der Waals surface area (Å²) in [5.74, 6) is 0. The van der Waals surface area contributed by atoms with E-state index in [9.17, 15) is 8.42 Å². The minimum absolute atomic E-state index is 0.133. The smallest absolute Gasteiger partial charge is 0.206 e. The van der Waals surface area contributed by atoms with E-state index >= 15 is 0 Å². The van der Waals surface area contributed by atoms with Gasteiger partial charge in [-0.1, -0.05) is 20.8 Å². The lowest BCUT2D eigenvalue weighted by Gasteiger charge is -2.39. The molecule has 1 aromatic heterocycles. The molecule has 0 aromatic carbocycles. The minimum Gasteiger partial charge on any atom is -0.206 e. The predicted molar refractivity (Wildman–Crippen MR) is 85.4 cm³/mol. The van der Waals surface area contributed by atoms with Crippen LogP contribution in [0.25, 0.3) is 0 Å². The fourth-order valence-electron chi connectivity index (χ4n) is 4.24. The third-order valence-corrected chi connectivity index (χ3v) is 8.47. The van der Waals surface area contributed by atoms with Crippen LogP contribution in [0.5, 0.6) is 0 Å². The fourth-order valence-corrected chi connectivity index (χ4v) is 8.15. The van der Waals surface area contributed by atoms with Crippen molar-refractivity contribution in [2.45, 2.75) is 50.3 Å². The van der Waals surface area contributed by atoms with Crippen molar-refractivity contribution in [1.82, 2.24) is 4.31 Å². The van der Waals surface area contributed by atoms with E-state index in [1.54, 1.807) is 10.4 Å². The molecule has 0 N–H and O–H groups in total. The largest absolute Gasteiger partial charge is 0.252 e. The first kappa shape index (κ1) is 15.0. The Hall–Kier alpha value is 0.0900. The lowest BCUT2D eigenvalue weighted by atomic mass is 9.65. The van der Waals surface area contributed by atoms with Crippen LogP contribution in [0.4, 0.5) is 0 Å². The summed E-state index contributed by atoms with van der Waals surface area (Å²) in [4.78, 5) is 0. The monoisotopic (exact) mass is 377 g/mol. The molecule has 2 bridgehead atoms. The number of hydrogen-bond acceptors (Lipinski definition) is 3. The number of fused-ring (bicyclic) bond motifs is 2. The summed E-state index contributed by atoms with van der Waals surface area (Å²) < 4.78 is 28.8. The van der Waals surface area contributed by atoms with Crippen LogP contribution in [0.1, 0.15) is 40.0 Å². The first-order valence-electron chi connectivity index (χ1n) is 6.89. The predicted octanol–water partition coefficient (Wildman–Crippen LogP) is 4.10. The molecule has 1 aliphatic carbocycles. The molecule has 2 heterocycles. The molecular formula is C14H20BrNO2S2. The topological polar surface area (TPSA) is 37.4 Å². The average molecular weight is 378 g/mol. The van der Waals surface area contributed by atoms with Gasteiger partial charge >= 0.3 is 0 Å². The number of sulfonamides is 1. The number of halogens is 1. The lowest BCUT2D eigenvalue weighted by Crippen LogP contribution is -2.37. The second-order valence-corrected chi connectivity index (χ2v) is 11.9. The summed E-state index contributed by atoms with van der Waals surface area (Å²) in [5.41, 5.74) is 0.367. The van der Waals surface area contributed by atoms with Gasteiger partial charge < -0.3 is 0 Å². The molecule has 1 aliphatic heterocycles. The van der Waals surface area contributed by atoms with Gasteiger partial charge in [-0.2, -0.15) is 4.31 Å². The van der Waals surface area contributed by atoms with Crippen LogP contribution in [-0.4, -0.2) is 25.3 Å². The Balaban J connectivity index is 1.96. The minimum atomic E-state index is -3.34. The molecule has 2 fully saturated rings. The molecule has 2 unspecified atom stereocenters. The van der Waals surface area contributed by atoms with E-state index in [1.807, 2.05) is 6.07 Å². The van der Waals surface area contributed by atoms with Gasteiger partial charge in [0.2, 0.25) is 0 Å². The average Bonchev–Trinajstić information content (AvgIpc) is 2.79. The van der Waals surface area contributed by atoms with Crippen LogP contribution in [0.15, 0.2) is 20.1 Å². The molecule has 20 heavy (non-hydrogen) atoms. The fraction of sp³-hybridized carbons (Fsp3) is 0.714. The van der Waals surface area contributed by atoms with Gasteiger partial charge in [-0.05, 0) is 58.2 Å². The maximum absolute atomic E-state index is 12.9. The Kier molecular flexibility index (Phi) is 3.41. The molecule has 1 aromatic rings. The van der Waals surface area contributed by atoms with E-state index in [0.29, 0.717) is 10.8 Å². The van der Waals surface area contributed by atoms with Crippen LogP contribution in [-0.2, 0) is 10.0 Å². The highest BCUT2D eigenvalue weighted by molar-refractivity contribution is 9.11. The van der Waals surface area contributed by atoms with Crippen molar-refractivity contribution in [3.8, 4) is 0 Å². The van der Waals surface area contributed by atoms with E-state index in [-0.39, 0.29) is 16.9 Å². The van der Waals surface area contributed by atoms with Crippen LogP contribution < -0.4 is 0 Å². The number of rotatable bonds is 2. The molecule has 0 radical (unpaired) electrons. The zero-order chi connectivity index (χ0) is 14.8. The SMILES string of the molecule is CC1(C)CC2CC(C)(CN2S(=O)(=O)c2ccc(Br)s2)C1. The normalized spacial score (nSPS) is 33.5. The highest BCUT2D eigenvalue weighted by Crippen LogP contribution is 2.53. The Bertz CT molecular complexity index is 637. The van der Waals surface area contributed by atoms with Gasteiger partial charge in [0.1, 0.15) is 4.21 Å². The van der Waals surface area contributed by atoms with Gasteiger partial charge in [-0.15, -0.1) is 11.3 Å². The lowest BCUT2D eigenvalue weighted by molar-refractivity contribution is 0.133. The van der Waals surface area contributed by atoms with Crippen molar-refractivity contribution in [2.24, 2.45) is 10.8 Å². The van der Waals surface area contributed by atoms with E-state index < -0.39 is 10.0 Å². The molecule has 2 aliphatic rings. The van der Waals surface area contributed by atoms with Gasteiger partial charge in [0.05, 0.1) is 3.79 Å². The molecule has 1 saturated heterocycles. The summed E-state index contributed by atoms with van der Waals surface area (Å²) in [6.45, 7) is 7.42. The van der Waals surface area contributed by atoms with Gasteiger partial charge in [0.25, 0.3) is 10.0 Å². The molecular weight excluding hydrogens is 358 g/mol. The second-order valence-electron chi connectivity index (χ2n) is 7.32. The number of hydrogen-bond donors (Lipinski definition) is 0. The Morgan fingerprint density at radius 3 is 2.60 bits per heavy atom. The summed E-state index contributed by atoms with van der Waals surface area (Å²) in [7, 11) is -3.34. The van der Waals surface area contributed by atoms with E-state index in [0.717, 1.165) is 23.0 Å². The van der Waals surface area contributed by atoms with Crippen molar-refractivity contribution in [2.75, 3.05) is 6.54 Å². The van der Waals surface area contributed by atoms with Crippen molar-refractivity contribution in [3.63, 3.8) is 0 Å². The standard InChI is InChI=1S/C14H20BrNO2S2/c1-13(2)6-10-7-14(3,8-13)9-16(10)20(17,18)12-5-4-11(15)19-12/h4-5,10H,6-9H2,1-3H3. The van der Waals surface area contributed by atoms with Crippen LogP contribution in [0.2, 0.25) is 0 Å². The van der Waals surface area contributed by atoms with Crippen LogP contribution in [0, 0.1) is 10.8 Å². The van der Waals surface area contributed by atoms with Crippen LogP contribution in [0.3, 0.4) is 0 Å². The summed E-state index contributed by atoms with van der Waals surface area (Å²) in [5, 5.41) is 0. The van der Waals surface area contributed by atoms with Crippen LogP contribution >= 0.6 is 27.3 Å². The molecule has 1 saturated carbocycles. The van der Waals surface area contributed by atoms with Gasteiger partial charge in [-0.3, -0.25) is 0 Å². The second kappa shape index (κ2) is 4.54. The molecule has 3 nitrogen and oxygen atoms in total. The number of thiophene rings is 1. The quantitative estimate of drug-likeness (QED) is 0.777. The maximum Gasteiger partial charge on any atom is 0.252 e. The van der Waals surface area contributed by atoms with Crippen molar-refractivity contribution >= 4 is 37.3 Å². The Morgan fingerprint density at radius 1 is 1.30 bits per heavy atom. The van der Waals surface area contributed by atoms with E-state index in [1.165, 1.54) is 11.3 Å². The van der Waals surface area contributed by atoms with E-state index in [4.69, 9.17) is 0 Å². The summed E-state index contributed by atoms with van der Waals surface area (Å²) in [6.07, 6.45) is 3.08. The van der Waals surface area contributed by atoms with Gasteiger partial charge in [0, 0.05) is 12.6 Å². The summed E-state index contributed by atoms with van der Waals surface area (Å²) >= 11 is 4.66. The molecule has 3 rings (SSSR count). The maximum atomic E-state index is 12.9. The van der Waals surface area contributed by atoms with E-state index in [2.05, 4.69) is 36.7 Å². The molecule has 6 heteroatoms. The molecule has 0 amide bonds. The third-order valence-electron chi connectivity index (χ3n) is 4.48. The number of nitrogens with zero attached hydrogens (tertiary/aromatic N) is 1. The molecule has 112 valence electrons. The highest BCUT2D eigenvalue weighted by Gasteiger charge is 2.53. The molecule has 2 atom stereocenters. The molecule has 0 spiro atoms. The van der Waals surface area contributed by atoms with Crippen molar-refractivity contribution in [3.05, 3.63) is 15.9 Å².